The molecule has 0 bridgehead atoms. The van der Waals surface area contributed by atoms with E-state index >= 15 is 4.39 Å². The van der Waals surface area contributed by atoms with E-state index in [0.29, 0.717) is 58.4 Å². The number of aliphatic carboxylic acids is 1. The predicted molar refractivity (Wildman–Crippen MR) is 189 cm³/mol. The van der Waals surface area contributed by atoms with Crippen molar-refractivity contribution in [2.24, 2.45) is 7.05 Å². The fourth-order valence-corrected chi connectivity index (χ4v) is 7.80. The van der Waals surface area contributed by atoms with E-state index in [-0.39, 0.29) is 5.75 Å². The van der Waals surface area contributed by atoms with Crippen LogP contribution >= 0.6 is 0 Å². The van der Waals surface area contributed by atoms with Gasteiger partial charge in [-0.05, 0) is 89.6 Å². The molecular formula is C38H47FN6O5. The Kier molecular flexibility index (Phi) is 9.29. The van der Waals surface area contributed by atoms with Crippen molar-refractivity contribution < 1.29 is 28.5 Å². The van der Waals surface area contributed by atoms with Crippen LogP contribution in [0.25, 0.3) is 33.5 Å². The Morgan fingerprint density at radius 2 is 1.82 bits per heavy atom. The zero-order valence-corrected chi connectivity index (χ0v) is 29.9. The number of pyridine rings is 1. The zero-order valence-electron chi connectivity index (χ0n) is 29.9. The molecule has 0 amide bonds. The van der Waals surface area contributed by atoms with Crippen molar-refractivity contribution in [1.82, 2.24) is 24.4 Å². The highest BCUT2D eigenvalue weighted by Gasteiger charge is 2.35. The molecule has 3 aromatic heterocycles. The Hall–Kier alpha value is -4.13. The topological polar surface area (TPSA) is 115 Å². The summed E-state index contributed by atoms with van der Waals surface area (Å²) in [6.07, 6.45) is 4.03. The third kappa shape index (κ3) is 6.44. The lowest BCUT2D eigenvalue weighted by molar-refractivity contribution is -0.160. The number of benzene rings is 1. The zero-order chi connectivity index (χ0) is 35.3. The smallest absolute Gasteiger partial charge is 0.337 e. The van der Waals surface area contributed by atoms with Crippen LogP contribution in [0.2, 0.25) is 0 Å². The molecule has 0 unspecified atom stereocenters. The second kappa shape index (κ2) is 13.5. The number of carboxylic acids is 1. The fraction of sp³-hybridized carbons (Fsp3) is 0.526. The summed E-state index contributed by atoms with van der Waals surface area (Å²) in [4.78, 5) is 32.4. The molecule has 2 saturated heterocycles. The summed E-state index contributed by atoms with van der Waals surface area (Å²) in [5.74, 6) is -0.663. The van der Waals surface area contributed by atoms with Crippen LogP contribution in [0.5, 0.6) is 5.75 Å². The third-order valence-electron chi connectivity index (χ3n) is 10.3. The minimum absolute atomic E-state index is 0.276. The van der Waals surface area contributed by atoms with E-state index in [9.17, 15) is 9.90 Å². The summed E-state index contributed by atoms with van der Waals surface area (Å²) in [5.41, 5.74) is 5.11. The van der Waals surface area contributed by atoms with Crippen LogP contribution in [0.4, 0.5) is 10.3 Å². The highest BCUT2D eigenvalue weighted by atomic mass is 19.1. The van der Waals surface area contributed by atoms with Crippen LogP contribution in [0.1, 0.15) is 68.5 Å². The highest BCUT2D eigenvalue weighted by Crippen LogP contribution is 2.45. The van der Waals surface area contributed by atoms with Gasteiger partial charge < -0.3 is 28.8 Å². The van der Waals surface area contributed by atoms with Gasteiger partial charge in [0.1, 0.15) is 5.65 Å². The molecule has 7 rings (SSSR count). The van der Waals surface area contributed by atoms with E-state index in [1.165, 1.54) is 6.07 Å². The van der Waals surface area contributed by atoms with Crippen molar-refractivity contribution in [1.29, 1.82) is 0 Å². The molecule has 50 heavy (non-hydrogen) atoms. The molecule has 3 aliphatic heterocycles. The number of rotatable bonds is 7. The average molecular weight is 687 g/mol. The number of hydrogen-bond donors (Lipinski definition) is 1. The number of aryl methyl sites for hydroxylation is 2. The largest absolute Gasteiger partial charge is 0.490 e. The second-order valence-corrected chi connectivity index (χ2v) is 14.7. The molecule has 1 atom stereocenters. The van der Waals surface area contributed by atoms with Gasteiger partial charge in [0.05, 0.1) is 23.6 Å². The van der Waals surface area contributed by atoms with Crippen molar-refractivity contribution in [3.63, 3.8) is 0 Å². The maximum atomic E-state index is 15.8. The van der Waals surface area contributed by atoms with Crippen molar-refractivity contribution in [2.45, 2.75) is 78.0 Å². The first kappa shape index (κ1) is 34.3. The van der Waals surface area contributed by atoms with E-state index in [1.54, 1.807) is 13.1 Å². The van der Waals surface area contributed by atoms with Crippen LogP contribution in [-0.4, -0.2) is 93.1 Å². The normalized spacial score (nSPS) is 18.3. The summed E-state index contributed by atoms with van der Waals surface area (Å²) in [7, 11) is 1.93. The maximum Gasteiger partial charge on any atom is 0.337 e. The quantitative estimate of drug-likeness (QED) is 0.248. The van der Waals surface area contributed by atoms with E-state index in [0.717, 1.165) is 81.2 Å². The monoisotopic (exact) mass is 686 g/mol. The van der Waals surface area contributed by atoms with Gasteiger partial charge >= 0.3 is 5.97 Å². The standard InChI is InChI=1S/C38H47FN6O5/c1-22-25-8-7-17-49-33(25)28(39)20-26(22)32-27-21-30(43(6)35(27)41-23(2)31(32)34(36(46)47)50-38(3,4)5)29-9-12-40-37(42-29)45-15-13-44(14-16-45)24-10-18-48-19-11-24/h9,12,20-21,24,34H,7-8,10-11,13-19H2,1-6H3,(H,46,47)/t34-/m0/s1. The summed E-state index contributed by atoms with van der Waals surface area (Å²) < 4.78 is 35.3. The summed E-state index contributed by atoms with van der Waals surface area (Å²) in [5, 5.41) is 11.3. The number of halogens is 1. The first-order chi connectivity index (χ1) is 23.9. The van der Waals surface area contributed by atoms with E-state index in [2.05, 4.69) is 14.8 Å². The summed E-state index contributed by atoms with van der Waals surface area (Å²) >= 11 is 0. The van der Waals surface area contributed by atoms with Gasteiger partial charge in [-0.1, -0.05) is 0 Å². The molecule has 0 spiro atoms. The molecule has 266 valence electrons. The Bertz CT molecular complexity index is 1920. The summed E-state index contributed by atoms with van der Waals surface area (Å²) in [6, 6.07) is 5.91. The summed E-state index contributed by atoms with van der Waals surface area (Å²) in [6.45, 7) is 14.9. The number of ether oxygens (including phenoxy) is 3. The van der Waals surface area contributed by atoms with Crippen molar-refractivity contribution >= 4 is 23.0 Å². The SMILES string of the molecule is Cc1nc2c(cc(-c3ccnc(N4CCN(C5CCOCC5)CC4)n3)n2C)c(-c2cc(F)c3c(c2C)CCCO3)c1[C@H](OC(C)(C)C)C(=O)O. The number of aromatic nitrogens is 4. The van der Waals surface area contributed by atoms with Crippen molar-refractivity contribution in [3.05, 3.63) is 52.6 Å². The molecular weight excluding hydrogens is 639 g/mol. The van der Waals surface area contributed by atoms with Gasteiger partial charge in [0.2, 0.25) is 5.95 Å². The van der Waals surface area contributed by atoms with Crippen LogP contribution in [-0.2, 0) is 27.7 Å². The molecule has 11 nitrogen and oxygen atoms in total. The van der Waals surface area contributed by atoms with Crippen molar-refractivity contribution in [2.75, 3.05) is 50.9 Å². The van der Waals surface area contributed by atoms with E-state index in [1.807, 2.05) is 51.4 Å². The number of anilines is 1. The van der Waals surface area contributed by atoms with Crippen LogP contribution < -0.4 is 9.64 Å². The lowest BCUT2D eigenvalue weighted by atomic mass is 9.86. The Morgan fingerprint density at radius 3 is 2.52 bits per heavy atom. The first-order valence-electron chi connectivity index (χ1n) is 17.7. The number of nitrogens with zero attached hydrogens (tertiary/aromatic N) is 6. The lowest BCUT2D eigenvalue weighted by Crippen LogP contribution is -2.52. The van der Waals surface area contributed by atoms with Crippen LogP contribution in [0.3, 0.4) is 0 Å². The van der Waals surface area contributed by atoms with E-state index < -0.39 is 23.5 Å². The van der Waals surface area contributed by atoms with Gasteiger partial charge in [-0.15, -0.1) is 0 Å². The molecule has 4 aromatic rings. The van der Waals surface area contributed by atoms with Gasteiger partial charge in [-0.25, -0.2) is 24.1 Å². The van der Waals surface area contributed by atoms with Crippen LogP contribution in [0.15, 0.2) is 24.4 Å². The second-order valence-electron chi connectivity index (χ2n) is 14.7. The minimum atomic E-state index is -1.34. The minimum Gasteiger partial charge on any atom is -0.490 e. The molecule has 2 fully saturated rings. The molecule has 0 saturated carbocycles. The number of carbonyl (C=O) groups is 1. The highest BCUT2D eigenvalue weighted by molar-refractivity contribution is 6.01. The van der Waals surface area contributed by atoms with E-state index in [4.69, 9.17) is 24.2 Å². The van der Waals surface area contributed by atoms with Gasteiger partial charge in [-0.3, -0.25) is 4.90 Å². The average Bonchev–Trinajstić information content (AvgIpc) is 3.43. The molecule has 0 radical (unpaired) electrons. The maximum absolute atomic E-state index is 15.8. The van der Waals surface area contributed by atoms with Crippen molar-refractivity contribution in [3.8, 4) is 28.3 Å². The molecule has 3 aliphatic rings. The van der Waals surface area contributed by atoms with Gasteiger partial charge in [0.15, 0.2) is 17.7 Å². The van der Waals surface area contributed by atoms with Gasteiger partial charge in [0, 0.05) is 86.4 Å². The van der Waals surface area contributed by atoms with Crippen LogP contribution in [0, 0.1) is 19.7 Å². The first-order valence-corrected chi connectivity index (χ1v) is 17.7. The molecule has 12 heteroatoms. The third-order valence-corrected chi connectivity index (χ3v) is 10.3. The fourth-order valence-electron chi connectivity index (χ4n) is 7.80. The van der Waals surface area contributed by atoms with Gasteiger partial charge in [0.25, 0.3) is 0 Å². The lowest BCUT2D eigenvalue weighted by Gasteiger charge is -2.40. The molecule has 6 heterocycles. The Labute approximate surface area is 292 Å². The Balaban J connectivity index is 1.35. The molecule has 1 aromatic carbocycles. The Morgan fingerprint density at radius 1 is 1.08 bits per heavy atom. The number of hydrogen-bond acceptors (Lipinski definition) is 9. The molecule has 0 aliphatic carbocycles. The number of fused-ring (bicyclic) bond motifs is 2. The predicted octanol–water partition coefficient (Wildman–Crippen LogP) is 6.02. The number of piperazine rings is 1. The molecule has 1 N–H and O–H groups in total. The number of carboxylic acid groups (broad SMARTS) is 1. The van der Waals surface area contributed by atoms with Gasteiger partial charge in [-0.2, -0.15) is 0 Å².